The summed E-state index contributed by atoms with van der Waals surface area (Å²) in [5.74, 6) is -0.125. The van der Waals surface area contributed by atoms with Crippen molar-refractivity contribution in [3.05, 3.63) is 29.3 Å². The van der Waals surface area contributed by atoms with Gasteiger partial charge in [-0.1, -0.05) is 19.4 Å². The fourth-order valence-corrected chi connectivity index (χ4v) is 4.31. The van der Waals surface area contributed by atoms with Crippen LogP contribution in [0.2, 0.25) is 0 Å². The number of carbonyl (C=O) groups excluding carboxylic acids is 1. The molecule has 3 heterocycles. The fraction of sp³-hybridized carbons (Fsp3) is 0.556. The predicted molar refractivity (Wildman–Crippen MR) is 97.5 cm³/mol. The molecule has 1 fully saturated rings. The number of amides is 1. The van der Waals surface area contributed by atoms with Crippen molar-refractivity contribution in [1.29, 1.82) is 0 Å². The van der Waals surface area contributed by atoms with E-state index >= 15 is 0 Å². The monoisotopic (exact) mass is 363 g/mol. The molecule has 136 valence electrons. The molecule has 1 saturated heterocycles. The highest BCUT2D eigenvalue weighted by Crippen LogP contribution is 2.36. The number of nitrogens with zero attached hydrogens (tertiary/aromatic N) is 3. The number of aryl methyl sites for hydroxylation is 1. The van der Waals surface area contributed by atoms with Crippen LogP contribution in [-0.2, 0) is 7.05 Å². The minimum Gasteiger partial charge on any atom is -0.396 e. The number of hydrogen-bond donors (Lipinski definition) is 2. The van der Waals surface area contributed by atoms with Gasteiger partial charge in [0.2, 0.25) is 0 Å². The number of aliphatic hydroxyl groups excluding tert-OH is 2. The normalized spacial score (nSPS) is 23.8. The Morgan fingerprint density at radius 1 is 1.52 bits per heavy atom. The molecule has 0 spiro atoms. The zero-order valence-electron chi connectivity index (χ0n) is 14.7. The summed E-state index contributed by atoms with van der Waals surface area (Å²) in [6.07, 6.45) is 1.57. The van der Waals surface area contributed by atoms with Crippen molar-refractivity contribution < 1.29 is 15.0 Å². The fourth-order valence-electron chi connectivity index (χ4n) is 3.63. The smallest absolute Gasteiger partial charge is 0.272 e. The molecule has 1 amide bonds. The van der Waals surface area contributed by atoms with Crippen LogP contribution in [0.4, 0.5) is 0 Å². The van der Waals surface area contributed by atoms with Gasteiger partial charge >= 0.3 is 0 Å². The van der Waals surface area contributed by atoms with E-state index in [-0.39, 0.29) is 19.1 Å². The van der Waals surface area contributed by atoms with Gasteiger partial charge in [-0.05, 0) is 30.4 Å². The van der Waals surface area contributed by atoms with Gasteiger partial charge in [-0.2, -0.15) is 5.10 Å². The zero-order chi connectivity index (χ0) is 18.0. The number of rotatable bonds is 5. The summed E-state index contributed by atoms with van der Waals surface area (Å²) in [4.78, 5) is 15.6. The van der Waals surface area contributed by atoms with Crippen molar-refractivity contribution in [3.8, 4) is 10.6 Å². The largest absolute Gasteiger partial charge is 0.396 e. The van der Waals surface area contributed by atoms with Gasteiger partial charge in [0.25, 0.3) is 5.91 Å². The van der Waals surface area contributed by atoms with Crippen LogP contribution in [0.3, 0.4) is 0 Å². The Kier molecular flexibility index (Phi) is 5.27. The molecule has 0 bridgehead atoms. The third-order valence-corrected chi connectivity index (χ3v) is 6.09. The number of aromatic nitrogens is 2. The quantitative estimate of drug-likeness (QED) is 0.853. The van der Waals surface area contributed by atoms with Crippen molar-refractivity contribution in [2.24, 2.45) is 12.5 Å². The highest BCUT2D eigenvalue weighted by Gasteiger charge is 2.42. The Morgan fingerprint density at radius 3 is 2.92 bits per heavy atom. The van der Waals surface area contributed by atoms with E-state index in [0.717, 1.165) is 23.4 Å². The summed E-state index contributed by atoms with van der Waals surface area (Å²) >= 11 is 1.59. The topological polar surface area (TPSA) is 78.6 Å². The van der Waals surface area contributed by atoms with E-state index in [9.17, 15) is 15.0 Å². The Labute approximate surface area is 151 Å². The summed E-state index contributed by atoms with van der Waals surface area (Å²) in [7, 11) is 1.76. The number of thiophene rings is 1. The lowest BCUT2D eigenvalue weighted by Gasteiger charge is -2.44. The molecule has 0 aromatic carbocycles. The van der Waals surface area contributed by atoms with E-state index in [1.807, 2.05) is 24.4 Å². The van der Waals surface area contributed by atoms with Gasteiger partial charge in [-0.15, -0.1) is 11.3 Å². The van der Waals surface area contributed by atoms with E-state index in [1.54, 1.807) is 34.0 Å². The first-order chi connectivity index (χ1) is 12.0. The SMILES string of the molecule is CCC[C@]1(CO)CCN(C(=O)c2cc(-c3cccs3)nn2C)C[C@H]1O. The average molecular weight is 363 g/mol. The molecular weight excluding hydrogens is 338 g/mol. The van der Waals surface area contributed by atoms with Crippen LogP contribution in [0, 0.1) is 5.41 Å². The van der Waals surface area contributed by atoms with Crippen molar-refractivity contribution in [3.63, 3.8) is 0 Å². The molecule has 0 unspecified atom stereocenters. The molecule has 2 atom stereocenters. The van der Waals surface area contributed by atoms with Crippen molar-refractivity contribution in [2.75, 3.05) is 19.7 Å². The third-order valence-electron chi connectivity index (χ3n) is 5.20. The average Bonchev–Trinajstić information content (AvgIpc) is 3.25. The Bertz CT molecular complexity index is 728. The van der Waals surface area contributed by atoms with Crippen molar-refractivity contribution in [1.82, 2.24) is 14.7 Å². The molecule has 25 heavy (non-hydrogen) atoms. The molecule has 1 aliphatic rings. The molecule has 0 aliphatic carbocycles. The van der Waals surface area contributed by atoms with Crippen molar-refractivity contribution in [2.45, 2.75) is 32.3 Å². The van der Waals surface area contributed by atoms with Crippen LogP contribution in [0.5, 0.6) is 0 Å². The van der Waals surface area contributed by atoms with Gasteiger partial charge in [-0.3, -0.25) is 9.48 Å². The first-order valence-corrected chi connectivity index (χ1v) is 9.55. The Morgan fingerprint density at radius 2 is 2.32 bits per heavy atom. The highest BCUT2D eigenvalue weighted by molar-refractivity contribution is 7.13. The molecule has 1 aliphatic heterocycles. The second-order valence-corrected chi connectivity index (χ2v) is 7.75. The van der Waals surface area contributed by atoms with E-state index in [2.05, 4.69) is 5.10 Å². The number of piperidine rings is 1. The van der Waals surface area contributed by atoms with E-state index in [4.69, 9.17) is 0 Å². The van der Waals surface area contributed by atoms with E-state index < -0.39 is 11.5 Å². The lowest BCUT2D eigenvalue weighted by atomic mass is 9.73. The number of carbonyl (C=O) groups is 1. The molecule has 2 aromatic rings. The molecule has 6 nitrogen and oxygen atoms in total. The molecule has 2 aromatic heterocycles. The lowest BCUT2D eigenvalue weighted by Crippen LogP contribution is -2.54. The van der Waals surface area contributed by atoms with Gasteiger partial charge in [0, 0.05) is 25.6 Å². The maximum Gasteiger partial charge on any atom is 0.272 e. The van der Waals surface area contributed by atoms with Gasteiger partial charge in [-0.25, -0.2) is 0 Å². The molecule has 7 heteroatoms. The number of aliphatic hydroxyl groups is 2. The molecular formula is C18H25N3O3S. The summed E-state index contributed by atoms with van der Waals surface area (Å²) in [5.41, 5.74) is 0.816. The number of β-amino-alcohol motifs (C(OH)–C–C–N with tert-alkyl or cyclic N) is 1. The van der Waals surface area contributed by atoms with Gasteiger partial charge < -0.3 is 15.1 Å². The minimum absolute atomic E-state index is 0.0434. The van der Waals surface area contributed by atoms with E-state index in [1.165, 1.54) is 0 Å². The maximum absolute atomic E-state index is 12.9. The first kappa shape index (κ1) is 18.1. The van der Waals surface area contributed by atoms with Crippen LogP contribution in [0.1, 0.15) is 36.7 Å². The minimum atomic E-state index is -0.708. The highest BCUT2D eigenvalue weighted by atomic mass is 32.1. The Balaban J connectivity index is 1.77. The molecule has 0 saturated carbocycles. The second-order valence-electron chi connectivity index (χ2n) is 6.80. The van der Waals surface area contributed by atoms with Crippen LogP contribution >= 0.6 is 11.3 Å². The van der Waals surface area contributed by atoms with Crippen LogP contribution in [0.25, 0.3) is 10.6 Å². The zero-order valence-corrected chi connectivity index (χ0v) is 15.5. The standard InChI is InChI=1S/C18H25N3O3S/c1-3-6-18(12-22)7-8-21(11-16(18)23)17(24)14-10-13(19-20(14)2)15-5-4-9-25-15/h4-5,9-10,16,22-23H,3,6-8,11-12H2,1-2H3/t16-,18-/m1/s1. The predicted octanol–water partition coefficient (Wildman–Crippen LogP) is 2.13. The number of likely N-dealkylation sites (tertiary alicyclic amines) is 1. The van der Waals surface area contributed by atoms with E-state index in [0.29, 0.717) is 18.7 Å². The van der Waals surface area contributed by atoms with Crippen LogP contribution in [0.15, 0.2) is 23.6 Å². The number of hydrogen-bond acceptors (Lipinski definition) is 5. The van der Waals surface area contributed by atoms with Gasteiger partial charge in [0.1, 0.15) is 11.4 Å². The first-order valence-electron chi connectivity index (χ1n) is 8.67. The molecule has 0 radical (unpaired) electrons. The molecule has 3 rings (SSSR count). The van der Waals surface area contributed by atoms with Crippen LogP contribution in [-0.4, -0.2) is 56.6 Å². The molecule has 2 N–H and O–H groups in total. The summed E-state index contributed by atoms with van der Waals surface area (Å²) < 4.78 is 1.60. The lowest BCUT2D eigenvalue weighted by molar-refractivity contribution is -0.0714. The van der Waals surface area contributed by atoms with Crippen molar-refractivity contribution >= 4 is 17.2 Å². The van der Waals surface area contributed by atoms with Gasteiger partial charge in [0.05, 0.1) is 17.6 Å². The Hall–Kier alpha value is -1.70. The van der Waals surface area contributed by atoms with Crippen LogP contribution < -0.4 is 0 Å². The summed E-state index contributed by atoms with van der Waals surface area (Å²) in [5, 5.41) is 26.7. The van der Waals surface area contributed by atoms with Gasteiger partial charge in [0.15, 0.2) is 0 Å². The second kappa shape index (κ2) is 7.27. The summed E-state index contributed by atoms with van der Waals surface area (Å²) in [6, 6.07) is 5.74. The maximum atomic E-state index is 12.9. The summed E-state index contributed by atoms with van der Waals surface area (Å²) in [6.45, 7) is 2.79. The third kappa shape index (κ3) is 3.36.